The molecule has 0 unspecified atom stereocenters. The average molecular weight is 234 g/mol. The van der Waals surface area contributed by atoms with Crippen molar-refractivity contribution in [3.8, 4) is 0 Å². The van der Waals surface area contributed by atoms with Crippen molar-refractivity contribution in [1.82, 2.24) is 0 Å². The van der Waals surface area contributed by atoms with E-state index in [9.17, 15) is 9.59 Å². The molecule has 0 atom stereocenters. The summed E-state index contributed by atoms with van der Waals surface area (Å²) < 4.78 is 0. The number of hydrogen-bond donors (Lipinski definition) is 0. The van der Waals surface area contributed by atoms with Crippen molar-refractivity contribution in [2.24, 2.45) is 0 Å². The van der Waals surface area contributed by atoms with Gasteiger partial charge in [-0.1, -0.05) is 21.6 Å². The molecule has 0 aromatic rings. The Kier molecular flexibility index (Phi) is 13.1. The second kappa shape index (κ2) is 13.0. The zero-order valence-corrected chi connectivity index (χ0v) is 10.1. The Hall–Kier alpha value is 0.0400. The summed E-state index contributed by atoms with van der Waals surface area (Å²) in [4.78, 5) is 20.0. The largest absolute Gasteiger partial charge is 0.303 e. The van der Waals surface area contributed by atoms with E-state index in [0.29, 0.717) is 12.8 Å². The molecule has 0 N–H and O–H groups in total. The van der Waals surface area contributed by atoms with Gasteiger partial charge in [0.1, 0.15) is 12.6 Å². The van der Waals surface area contributed by atoms with Crippen molar-refractivity contribution in [3.63, 3.8) is 0 Å². The maximum Gasteiger partial charge on any atom is 0.119 e. The summed E-state index contributed by atoms with van der Waals surface area (Å²) >= 11 is 0. The molecule has 2 nitrogen and oxygen atoms in total. The molecule has 82 valence electrons. The second-order valence-corrected chi connectivity index (χ2v) is 5.67. The SMILES string of the molecule is O=CCCCCSSCCCCC=O. The van der Waals surface area contributed by atoms with Crippen LogP contribution < -0.4 is 0 Å². The normalized spacial score (nSPS) is 10.0. The van der Waals surface area contributed by atoms with Crippen LogP contribution in [0.5, 0.6) is 0 Å². The molecule has 0 saturated carbocycles. The topological polar surface area (TPSA) is 34.1 Å². The van der Waals surface area contributed by atoms with Crippen LogP contribution in [0.3, 0.4) is 0 Å². The monoisotopic (exact) mass is 234 g/mol. The molecule has 0 amide bonds. The van der Waals surface area contributed by atoms with Crippen LogP contribution in [-0.4, -0.2) is 24.1 Å². The molecule has 14 heavy (non-hydrogen) atoms. The van der Waals surface area contributed by atoms with Gasteiger partial charge in [-0.3, -0.25) is 0 Å². The molecule has 0 saturated heterocycles. The average Bonchev–Trinajstić information content (AvgIpc) is 2.21. The minimum absolute atomic E-state index is 0.699. The van der Waals surface area contributed by atoms with Crippen molar-refractivity contribution in [2.75, 3.05) is 11.5 Å². The predicted octanol–water partition coefficient (Wildman–Crippen LogP) is 3.11. The van der Waals surface area contributed by atoms with Crippen molar-refractivity contribution in [2.45, 2.75) is 38.5 Å². The quantitative estimate of drug-likeness (QED) is 0.312. The first-order valence-electron chi connectivity index (χ1n) is 5.03. The van der Waals surface area contributed by atoms with Gasteiger partial charge in [-0.25, -0.2) is 0 Å². The fourth-order valence-electron chi connectivity index (χ4n) is 0.895. The first-order chi connectivity index (χ1) is 6.91. The minimum atomic E-state index is 0.699. The third-order valence-electron chi connectivity index (χ3n) is 1.68. The van der Waals surface area contributed by atoms with E-state index in [1.165, 1.54) is 0 Å². The van der Waals surface area contributed by atoms with Crippen LogP contribution in [0, 0.1) is 0 Å². The number of unbranched alkanes of at least 4 members (excludes halogenated alkanes) is 4. The van der Waals surface area contributed by atoms with Crippen molar-refractivity contribution < 1.29 is 9.59 Å². The molecule has 0 spiro atoms. The highest BCUT2D eigenvalue weighted by Gasteiger charge is 1.92. The van der Waals surface area contributed by atoms with E-state index in [1.807, 2.05) is 21.6 Å². The van der Waals surface area contributed by atoms with Gasteiger partial charge in [0.2, 0.25) is 0 Å². The van der Waals surface area contributed by atoms with Gasteiger partial charge in [0.25, 0.3) is 0 Å². The lowest BCUT2D eigenvalue weighted by atomic mass is 10.3. The van der Waals surface area contributed by atoms with Gasteiger partial charge < -0.3 is 9.59 Å². The van der Waals surface area contributed by atoms with E-state index in [2.05, 4.69) is 0 Å². The van der Waals surface area contributed by atoms with E-state index in [-0.39, 0.29) is 0 Å². The van der Waals surface area contributed by atoms with Crippen LogP contribution in [0.1, 0.15) is 38.5 Å². The summed E-state index contributed by atoms with van der Waals surface area (Å²) in [6.45, 7) is 0. The van der Waals surface area contributed by atoms with Gasteiger partial charge in [-0.15, -0.1) is 0 Å². The minimum Gasteiger partial charge on any atom is -0.303 e. The summed E-state index contributed by atoms with van der Waals surface area (Å²) in [5, 5.41) is 0. The van der Waals surface area contributed by atoms with Crippen molar-refractivity contribution >= 4 is 34.2 Å². The lowest BCUT2D eigenvalue weighted by molar-refractivity contribution is -0.108. The molecule has 0 radical (unpaired) electrons. The number of carbonyl (C=O) groups excluding carboxylic acids is 2. The highest BCUT2D eigenvalue weighted by molar-refractivity contribution is 8.76. The van der Waals surface area contributed by atoms with Gasteiger partial charge in [0.05, 0.1) is 0 Å². The van der Waals surface area contributed by atoms with Crippen LogP contribution in [0.2, 0.25) is 0 Å². The maximum absolute atomic E-state index is 10.00. The fraction of sp³-hybridized carbons (Fsp3) is 0.800. The van der Waals surface area contributed by atoms with E-state index >= 15 is 0 Å². The first kappa shape index (κ1) is 14.0. The zero-order chi connectivity index (χ0) is 10.5. The third kappa shape index (κ3) is 12.0. The van der Waals surface area contributed by atoms with Gasteiger partial charge in [0, 0.05) is 24.3 Å². The Bertz CT molecular complexity index is 124. The van der Waals surface area contributed by atoms with Crippen LogP contribution in [-0.2, 0) is 9.59 Å². The Labute approximate surface area is 94.0 Å². The van der Waals surface area contributed by atoms with Crippen LogP contribution >= 0.6 is 21.6 Å². The first-order valence-corrected chi connectivity index (χ1v) is 7.52. The third-order valence-corrected chi connectivity index (χ3v) is 4.26. The van der Waals surface area contributed by atoms with Crippen LogP contribution in [0.15, 0.2) is 0 Å². The molecule has 0 aliphatic rings. The van der Waals surface area contributed by atoms with Crippen molar-refractivity contribution in [1.29, 1.82) is 0 Å². The van der Waals surface area contributed by atoms with Gasteiger partial charge in [-0.05, 0) is 25.7 Å². The molecule has 0 rings (SSSR count). The van der Waals surface area contributed by atoms with Crippen LogP contribution in [0.25, 0.3) is 0 Å². The molecule has 0 aromatic heterocycles. The molecule has 0 aliphatic carbocycles. The number of carbonyl (C=O) groups is 2. The van der Waals surface area contributed by atoms with Gasteiger partial charge in [0.15, 0.2) is 0 Å². The highest BCUT2D eigenvalue weighted by Crippen LogP contribution is 2.23. The van der Waals surface area contributed by atoms with Gasteiger partial charge >= 0.3 is 0 Å². The Balaban J connectivity index is 2.84. The number of rotatable bonds is 11. The molecule has 4 heteroatoms. The summed E-state index contributed by atoms with van der Waals surface area (Å²) in [6, 6.07) is 0. The number of aldehydes is 2. The smallest absolute Gasteiger partial charge is 0.119 e. The standard InChI is InChI=1S/C10H18O2S2/c11-7-3-1-5-9-13-14-10-6-2-4-8-12/h7-8H,1-6,9-10H2. The number of hydrogen-bond acceptors (Lipinski definition) is 4. The Morgan fingerprint density at radius 2 is 1.14 bits per heavy atom. The summed E-state index contributed by atoms with van der Waals surface area (Å²) in [5.41, 5.74) is 0. The second-order valence-electron chi connectivity index (χ2n) is 2.97. The Morgan fingerprint density at radius 1 is 0.714 bits per heavy atom. The molecule has 0 bridgehead atoms. The van der Waals surface area contributed by atoms with E-state index in [4.69, 9.17) is 0 Å². The molecular weight excluding hydrogens is 216 g/mol. The summed E-state index contributed by atoms with van der Waals surface area (Å²) in [6.07, 6.45) is 7.66. The van der Waals surface area contributed by atoms with E-state index < -0.39 is 0 Å². The zero-order valence-electron chi connectivity index (χ0n) is 8.44. The van der Waals surface area contributed by atoms with E-state index in [1.54, 1.807) is 0 Å². The lowest BCUT2D eigenvalue weighted by Crippen LogP contribution is -1.82. The maximum atomic E-state index is 10.00. The van der Waals surface area contributed by atoms with Gasteiger partial charge in [-0.2, -0.15) is 0 Å². The molecular formula is C10H18O2S2. The highest BCUT2D eigenvalue weighted by atomic mass is 33.1. The fourth-order valence-corrected chi connectivity index (χ4v) is 3.19. The predicted molar refractivity (Wildman–Crippen MR) is 64.7 cm³/mol. The van der Waals surface area contributed by atoms with Crippen LogP contribution in [0.4, 0.5) is 0 Å². The summed E-state index contributed by atoms with van der Waals surface area (Å²) in [5.74, 6) is 2.26. The molecule has 0 fully saturated rings. The van der Waals surface area contributed by atoms with Crippen molar-refractivity contribution in [3.05, 3.63) is 0 Å². The Morgan fingerprint density at radius 3 is 1.50 bits per heavy atom. The molecule has 0 aromatic carbocycles. The molecule has 0 aliphatic heterocycles. The van der Waals surface area contributed by atoms with E-state index in [0.717, 1.165) is 49.8 Å². The molecule has 0 heterocycles. The lowest BCUT2D eigenvalue weighted by Gasteiger charge is -1.99. The summed E-state index contributed by atoms with van der Waals surface area (Å²) in [7, 11) is 3.75.